The molecule has 0 fully saturated rings. The number of carbonyl (C=O) groups is 2. The molecule has 0 saturated heterocycles. The van der Waals surface area contributed by atoms with Crippen LogP contribution < -0.4 is 10.6 Å². The first-order valence-corrected chi connectivity index (χ1v) is 5.87. The Kier molecular flexibility index (Phi) is 9.05. The Morgan fingerprint density at radius 2 is 2.06 bits per heavy atom. The van der Waals surface area contributed by atoms with Crippen LogP contribution in [-0.2, 0) is 14.3 Å². The number of nitrogens with one attached hydrogen (secondary N) is 2. The van der Waals surface area contributed by atoms with E-state index in [1.54, 1.807) is 13.0 Å². The van der Waals surface area contributed by atoms with Crippen molar-refractivity contribution >= 4 is 11.9 Å². The molecule has 0 aromatic carbocycles. The van der Waals surface area contributed by atoms with E-state index >= 15 is 0 Å². The van der Waals surface area contributed by atoms with E-state index in [0.29, 0.717) is 25.6 Å². The Morgan fingerprint density at radius 3 is 2.65 bits per heavy atom. The normalized spacial score (nSPS) is 10.8. The fourth-order valence-corrected chi connectivity index (χ4v) is 0.995. The van der Waals surface area contributed by atoms with E-state index in [4.69, 9.17) is 4.74 Å². The summed E-state index contributed by atoms with van der Waals surface area (Å²) in [6, 6.07) is 0. The van der Waals surface area contributed by atoms with Crippen molar-refractivity contribution in [3.8, 4) is 0 Å². The second kappa shape index (κ2) is 9.84. The Balaban J connectivity index is 3.50. The van der Waals surface area contributed by atoms with Gasteiger partial charge in [-0.05, 0) is 12.8 Å². The molecular weight excluding hydrogens is 220 g/mol. The van der Waals surface area contributed by atoms with E-state index in [0.717, 1.165) is 0 Å². The molecule has 1 amide bonds. The second-order valence-electron chi connectivity index (χ2n) is 3.98. The molecule has 98 valence electrons. The highest BCUT2D eigenvalue weighted by atomic mass is 16.5. The Morgan fingerprint density at radius 1 is 1.35 bits per heavy atom. The van der Waals surface area contributed by atoms with Gasteiger partial charge >= 0.3 is 5.97 Å². The molecule has 0 saturated carbocycles. The maximum absolute atomic E-state index is 11.3. The summed E-state index contributed by atoms with van der Waals surface area (Å²) in [7, 11) is 0. The fraction of sp³-hybridized carbons (Fsp3) is 0.667. The van der Waals surface area contributed by atoms with Crippen LogP contribution in [0.1, 0.15) is 20.8 Å². The third kappa shape index (κ3) is 10.9. The van der Waals surface area contributed by atoms with Crippen molar-refractivity contribution in [3.63, 3.8) is 0 Å². The third-order valence-corrected chi connectivity index (χ3v) is 1.80. The highest BCUT2D eigenvalue weighted by molar-refractivity contribution is 5.82. The predicted octanol–water partition coefficient (Wildman–Crippen LogP) is 0.468. The maximum atomic E-state index is 11.3. The van der Waals surface area contributed by atoms with Gasteiger partial charge in [-0.25, -0.2) is 4.79 Å². The summed E-state index contributed by atoms with van der Waals surface area (Å²) in [6.07, 6.45) is 2.98. The summed E-state index contributed by atoms with van der Waals surface area (Å²) >= 11 is 0. The summed E-state index contributed by atoms with van der Waals surface area (Å²) in [5, 5.41) is 5.68. The number of hydrogen-bond acceptors (Lipinski definition) is 4. The Labute approximate surface area is 103 Å². The number of esters is 1. The smallest absolute Gasteiger partial charge is 0.330 e. The third-order valence-electron chi connectivity index (χ3n) is 1.80. The van der Waals surface area contributed by atoms with Crippen molar-refractivity contribution in [2.75, 3.05) is 26.2 Å². The monoisotopic (exact) mass is 242 g/mol. The quantitative estimate of drug-likeness (QED) is 0.369. The summed E-state index contributed by atoms with van der Waals surface area (Å²) < 4.78 is 4.70. The molecule has 5 nitrogen and oxygen atoms in total. The molecule has 0 radical (unpaired) electrons. The van der Waals surface area contributed by atoms with Crippen LogP contribution >= 0.6 is 0 Å². The second-order valence-corrected chi connectivity index (χ2v) is 3.98. The highest BCUT2D eigenvalue weighted by Gasteiger charge is 2.00. The molecule has 0 bridgehead atoms. The van der Waals surface area contributed by atoms with Crippen molar-refractivity contribution in [3.05, 3.63) is 12.2 Å². The van der Waals surface area contributed by atoms with Gasteiger partial charge in [-0.2, -0.15) is 0 Å². The van der Waals surface area contributed by atoms with E-state index in [1.165, 1.54) is 6.08 Å². The predicted molar refractivity (Wildman–Crippen MR) is 66.5 cm³/mol. The van der Waals surface area contributed by atoms with E-state index in [1.807, 2.05) is 13.8 Å². The lowest BCUT2D eigenvalue weighted by atomic mass is 10.2. The lowest BCUT2D eigenvalue weighted by Gasteiger charge is -2.07. The number of rotatable bonds is 8. The van der Waals surface area contributed by atoms with Gasteiger partial charge in [-0.1, -0.05) is 19.9 Å². The largest absolute Gasteiger partial charge is 0.463 e. The van der Waals surface area contributed by atoms with Crippen molar-refractivity contribution in [2.45, 2.75) is 20.8 Å². The van der Waals surface area contributed by atoms with Gasteiger partial charge in [-0.15, -0.1) is 0 Å². The lowest BCUT2D eigenvalue weighted by Crippen LogP contribution is -2.35. The molecule has 0 unspecified atom stereocenters. The van der Waals surface area contributed by atoms with Crippen LogP contribution in [0.5, 0.6) is 0 Å². The van der Waals surface area contributed by atoms with Crippen molar-refractivity contribution < 1.29 is 14.3 Å². The van der Waals surface area contributed by atoms with Gasteiger partial charge < -0.3 is 15.4 Å². The number of hydrogen-bond donors (Lipinski definition) is 2. The van der Waals surface area contributed by atoms with Gasteiger partial charge in [0.05, 0.1) is 13.2 Å². The topological polar surface area (TPSA) is 67.4 Å². The van der Waals surface area contributed by atoms with E-state index in [-0.39, 0.29) is 18.4 Å². The van der Waals surface area contributed by atoms with Crippen LogP contribution in [0.25, 0.3) is 0 Å². The van der Waals surface area contributed by atoms with Crippen molar-refractivity contribution in [1.82, 2.24) is 10.6 Å². The molecule has 0 aliphatic rings. The molecule has 0 aromatic heterocycles. The zero-order valence-corrected chi connectivity index (χ0v) is 10.8. The molecule has 0 atom stereocenters. The van der Waals surface area contributed by atoms with Crippen molar-refractivity contribution in [2.24, 2.45) is 5.92 Å². The van der Waals surface area contributed by atoms with Gasteiger partial charge in [0.2, 0.25) is 5.91 Å². The lowest BCUT2D eigenvalue weighted by molar-refractivity contribution is -0.137. The van der Waals surface area contributed by atoms with Crippen LogP contribution in [0.15, 0.2) is 12.2 Å². The molecular formula is C12H22N2O3. The van der Waals surface area contributed by atoms with E-state index in [9.17, 15) is 9.59 Å². The molecule has 0 rings (SSSR count). The number of amides is 1. The zero-order chi connectivity index (χ0) is 13.1. The zero-order valence-electron chi connectivity index (χ0n) is 10.8. The summed E-state index contributed by atoms with van der Waals surface area (Å²) in [5.41, 5.74) is 0. The van der Waals surface area contributed by atoms with Gasteiger partial charge in [0.15, 0.2) is 0 Å². The average Bonchev–Trinajstić information content (AvgIpc) is 2.26. The van der Waals surface area contributed by atoms with Gasteiger partial charge in [0.1, 0.15) is 0 Å². The van der Waals surface area contributed by atoms with E-state index < -0.39 is 0 Å². The SMILES string of the molecule is CCOC(=O)/C=C/CNCC(=O)NCC(C)C. The molecule has 0 aliphatic heterocycles. The molecule has 2 N–H and O–H groups in total. The average molecular weight is 242 g/mol. The molecule has 0 spiro atoms. The molecule has 0 heterocycles. The van der Waals surface area contributed by atoms with Gasteiger partial charge in [-0.3, -0.25) is 4.79 Å². The minimum atomic E-state index is -0.362. The summed E-state index contributed by atoms with van der Waals surface area (Å²) in [5.74, 6) is 0.0458. The summed E-state index contributed by atoms with van der Waals surface area (Å²) in [4.78, 5) is 22.2. The first kappa shape index (κ1) is 15.6. The molecule has 0 aliphatic carbocycles. The first-order valence-electron chi connectivity index (χ1n) is 5.87. The Bertz CT molecular complexity index is 262. The van der Waals surface area contributed by atoms with Gasteiger partial charge in [0, 0.05) is 19.2 Å². The minimum absolute atomic E-state index is 0.0387. The molecule has 0 aromatic rings. The number of carbonyl (C=O) groups excluding carboxylic acids is 2. The fourth-order valence-electron chi connectivity index (χ4n) is 0.995. The molecule has 5 heteroatoms. The molecule has 17 heavy (non-hydrogen) atoms. The highest BCUT2D eigenvalue weighted by Crippen LogP contribution is 1.86. The maximum Gasteiger partial charge on any atom is 0.330 e. The van der Waals surface area contributed by atoms with Gasteiger partial charge in [0.25, 0.3) is 0 Å². The van der Waals surface area contributed by atoms with Crippen molar-refractivity contribution in [1.29, 1.82) is 0 Å². The van der Waals surface area contributed by atoms with Crippen LogP contribution in [0.2, 0.25) is 0 Å². The first-order chi connectivity index (χ1) is 8.06. The minimum Gasteiger partial charge on any atom is -0.463 e. The summed E-state index contributed by atoms with van der Waals surface area (Å²) in [6.45, 7) is 7.59. The van der Waals surface area contributed by atoms with E-state index in [2.05, 4.69) is 10.6 Å². The number of ether oxygens (including phenoxy) is 1. The standard InChI is InChI=1S/C12H22N2O3/c1-4-17-12(16)6-5-7-13-9-11(15)14-8-10(2)3/h5-6,10,13H,4,7-9H2,1-3H3,(H,14,15)/b6-5+. The van der Waals surface area contributed by atoms with Crippen LogP contribution in [0.3, 0.4) is 0 Å². The van der Waals surface area contributed by atoms with Crippen LogP contribution in [-0.4, -0.2) is 38.1 Å². The Hall–Kier alpha value is -1.36. The van der Waals surface area contributed by atoms with Crippen LogP contribution in [0.4, 0.5) is 0 Å². The van der Waals surface area contributed by atoms with Crippen LogP contribution in [0, 0.1) is 5.92 Å².